The minimum atomic E-state index is -1.33. The highest BCUT2D eigenvalue weighted by Crippen LogP contribution is 2.19. The average molecular weight is 225 g/mol. The highest BCUT2D eigenvalue weighted by molar-refractivity contribution is 5.95. The minimum absolute atomic E-state index is 0.0191. The van der Waals surface area contributed by atoms with E-state index in [2.05, 4.69) is 5.32 Å². The number of furan rings is 1. The van der Waals surface area contributed by atoms with Crippen molar-refractivity contribution in [3.63, 3.8) is 0 Å². The molecule has 1 amide bonds. The number of nitrogens with one attached hydrogen (secondary N) is 1. The number of rotatable bonds is 3. The van der Waals surface area contributed by atoms with Crippen molar-refractivity contribution in [1.29, 1.82) is 0 Å². The van der Waals surface area contributed by atoms with Gasteiger partial charge in [-0.1, -0.05) is 0 Å². The van der Waals surface area contributed by atoms with Crippen molar-refractivity contribution in [3.8, 4) is 0 Å². The molecule has 1 aliphatic rings. The van der Waals surface area contributed by atoms with Gasteiger partial charge in [0, 0.05) is 13.0 Å². The third kappa shape index (κ3) is 1.79. The molecular formula is C10H11NO5. The monoisotopic (exact) mass is 225 g/mol. The number of hydrogen-bond donors (Lipinski definition) is 2. The Morgan fingerprint density at radius 3 is 2.81 bits per heavy atom. The van der Waals surface area contributed by atoms with Crippen LogP contribution >= 0.6 is 0 Å². The zero-order valence-electron chi connectivity index (χ0n) is 8.43. The highest BCUT2D eigenvalue weighted by Gasteiger charge is 2.44. The van der Waals surface area contributed by atoms with Crippen molar-refractivity contribution in [3.05, 3.63) is 24.2 Å². The van der Waals surface area contributed by atoms with Crippen LogP contribution in [0.2, 0.25) is 0 Å². The van der Waals surface area contributed by atoms with Gasteiger partial charge in [0.15, 0.2) is 11.3 Å². The average Bonchev–Trinajstić information content (AvgIpc) is 2.88. The number of aliphatic carboxylic acids is 1. The molecule has 0 radical (unpaired) electrons. The number of carbonyl (C=O) groups is 2. The number of carboxylic acid groups (broad SMARTS) is 1. The van der Waals surface area contributed by atoms with E-state index in [0.717, 1.165) is 0 Å². The first-order valence-electron chi connectivity index (χ1n) is 4.81. The molecule has 0 spiro atoms. The lowest BCUT2D eigenvalue weighted by molar-refractivity contribution is -0.144. The van der Waals surface area contributed by atoms with Crippen molar-refractivity contribution in [2.45, 2.75) is 12.0 Å². The predicted molar refractivity (Wildman–Crippen MR) is 52.0 cm³/mol. The summed E-state index contributed by atoms with van der Waals surface area (Å²) >= 11 is 0. The Morgan fingerprint density at radius 2 is 2.31 bits per heavy atom. The van der Waals surface area contributed by atoms with Gasteiger partial charge in [0.05, 0.1) is 12.9 Å². The summed E-state index contributed by atoms with van der Waals surface area (Å²) in [6, 6.07) is 3.04. The Hall–Kier alpha value is -1.82. The van der Waals surface area contributed by atoms with Crippen LogP contribution in [-0.2, 0) is 9.53 Å². The molecule has 1 unspecified atom stereocenters. The number of amides is 1. The standard InChI is InChI=1S/C10H11NO5/c12-8(7-2-1-4-16-7)11-10(9(13)14)3-5-15-6-10/h1-2,4H,3,5-6H2,(H,11,12)(H,13,14). The third-order valence-electron chi connectivity index (χ3n) is 2.53. The van der Waals surface area contributed by atoms with Gasteiger partial charge in [0.2, 0.25) is 0 Å². The third-order valence-corrected chi connectivity index (χ3v) is 2.53. The summed E-state index contributed by atoms with van der Waals surface area (Å²) in [5, 5.41) is 11.5. The maximum Gasteiger partial charge on any atom is 0.331 e. The lowest BCUT2D eigenvalue weighted by atomic mass is 9.99. The van der Waals surface area contributed by atoms with Gasteiger partial charge in [-0.2, -0.15) is 0 Å². The van der Waals surface area contributed by atoms with Crippen LogP contribution in [0, 0.1) is 0 Å². The predicted octanol–water partition coefficient (Wildman–Crippen LogP) is 0.253. The van der Waals surface area contributed by atoms with Crippen LogP contribution in [0.3, 0.4) is 0 Å². The number of carbonyl (C=O) groups excluding carboxylic acids is 1. The first kappa shape index (κ1) is 10.7. The Bertz CT molecular complexity index is 391. The summed E-state index contributed by atoms with van der Waals surface area (Å²) in [5.74, 6) is -1.55. The zero-order valence-corrected chi connectivity index (χ0v) is 8.43. The summed E-state index contributed by atoms with van der Waals surface area (Å²) in [5.41, 5.74) is -1.33. The van der Waals surface area contributed by atoms with E-state index in [4.69, 9.17) is 14.3 Å². The molecule has 0 bridgehead atoms. The molecule has 1 aliphatic heterocycles. The molecule has 16 heavy (non-hydrogen) atoms. The van der Waals surface area contributed by atoms with Gasteiger partial charge in [-0.3, -0.25) is 4.79 Å². The molecule has 1 aromatic heterocycles. The largest absolute Gasteiger partial charge is 0.479 e. The summed E-state index contributed by atoms with van der Waals surface area (Å²) < 4.78 is 9.90. The fraction of sp³-hybridized carbons (Fsp3) is 0.400. The summed E-state index contributed by atoms with van der Waals surface area (Å²) in [6.07, 6.45) is 1.61. The van der Waals surface area contributed by atoms with Crippen LogP contribution < -0.4 is 5.32 Å². The quantitative estimate of drug-likeness (QED) is 0.769. The van der Waals surface area contributed by atoms with Gasteiger partial charge in [0.1, 0.15) is 0 Å². The molecule has 2 rings (SSSR count). The first-order chi connectivity index (χ1) is 7.64. The Kier molecular flexibility index (Phi) is 2.66. The van der Waals surface area contributed by atoms with E-state index in [1.54, 1.807) is 6.07 Å². The Morgan fingerprint density at radius 1 is 1.50 bits per heavy atom. The van der Waals surface area contributed by atoms with Gasteiger partial charge in [-0.05, 0) is 12.1 Å². The van der Waals surface area contributed by atoms with Gasteiger partial charge in [-0.15, -0.1) is 0 Å². The summed E-state index contributed by atoms with van der Waals surface area (Å²) in [7, 11) is 0. The molecular weight excluding hydrogens is 214 g/mol. The molecule has 2 heterocycles. The minimum Gasteiger partial charge on any atom is -0.479 e. The fourth-order valence-corrected chi connectivity index (χ4v) is 1.57. The molecule has 1 atom stereocenters. The molecule has 6 nitrogen and oxygen atoms in total. The van der Waals surface area contributed by atoms with Crippen molar-refractivity contribution in [2.75, 3.05) is 13.2 Å². The molecule has 6 heteroatoms. The second-order valence-corrected chi connectivity index (χ2v) is 3.62. The van der Waals surface area contributed by atoms with E-state index in [1.165, 1.54) is 12.3 Å². The lowest BCUT2D eigenvalue weighted by Gasteiger charge is -2.22. The lowest BCUT2D eigenvalue weighted by Crippen LogP contribution is -2.55. The van der Waals surface area contributed by atoms with E-state index < -0.39 is 17.4 Å². The van der Waals surface area contributed by atoms with Gasteiger partial charge >= 0.3 is 5.97 Å². The number of hydrogen-bond acceptors (Lipinski definition) is 4. The second-order valence-electron chi connectivity index (χ2n) is 3.62. The van der Waals surface area contributed by atoms with Crippen molar-refractivity contribution >= 4 is 11.9 Å². The summed E-state index contributed by atoms with van der Waals surface area (Å²) in [6.45, 7) is 0.305. The first-order valence-corrected chi connectivity index (χ1v) is 4.81. The number of carboxylic acids is 1. The van der Waals surface area contributed by atoms with Crippen LogP contribution in [0.25, 0.3) is 0 Å². The van der Waals surface area contributed by atoms with Crippen LogP contribution in [-0.4, -0.2) is 35.7 Å². The van der Waals surface area contributed by atoms with Crippen LogP contribution in [0.15, 0.2) is 22.8 Å². The Labute approximate surface area is 91.2 Å². The fourth-order valence-electron chi connectivity index (χ4n) is 1.57. The molecule has 1 aromatic rings. The Balaban J connectivity index is 2.13. The molecule has 86 valence electrons. The maximum absolute atomic E-state index is 11.6. The van der Waals surface area contributed by atoms with E-state index >= 15 is 0 Å². The zero-order chi connectivity index (χ0) is 11.6. The van der Waals surface area contributed by atoms with Gasteiger partial charge < -0.3 is 19.6 Å². The number of ether oxygens (including phenoxy) is 1. The van der Waals surface area contributed by atoms with Crippen molar-refractivity contribution in [1.82, 2.24) is 5.32 Å². The van der Waals surface area contributed by atoms with E-state index in [1.807, 2.05) is 0 Å². The highest BCUT2D eigenvalue weighted by atomic mass is 16.5. The van der Waals surface area contributed by atoms with Crippen LogP contribution in [0.1, 0.15) is 17.0 Å². The molecule has 0 aromatic carbocycles. The molecule has 2 N–H and O–H groups in total. The summed E-state index contributed by atoms with van der Waals surface area (Å²) in [4.78, 5) is 22.8. The smallest absolute Gasteiger partial charge is 0.331 e. The molecule has 1 fully saturated rings. The van der Waals surface area contributed by atoms with Crippen molar-refractivity contribution < 1.29 is 23.8 Å². The maximum atomic E-state index is 11.6. The molecule has 1 saturated heterocycles. The topological polar surface area (TPSA) is 88.8 Å². The van der Waals surface area contributed by atoms with E-state index in [-0.39, 0.29) is 18.8 Å². The SMILES string of the molecule is O=C(NC1(C(=O)O)CCOC1)c1ccco1. The normalized spacial score (nSPS) is 24.2. The van der Waals surface area contributed by atoms with Gasteiger partial charge in [-0.25, -0.2) is 4.79 Å². The van der Waals surface area contributed by atoms with Crippen LogP contribution in [0.4, 0.5) is 0 Å². The molecule has 0 aliphatic carbocycles. The van der Waals surface area contributed by atoms with E-state index in [9.17, 15) is 9.59 Å². The second kappa shape index (κ2) is 3.97. The van der Waals surface area contributed by atoms with E-state index in [0.29, 0.717) is 6.61 Å². The molecule has 0 saturated carbocycles. The van der Waals surface area contributed by atoms with Gasteiger partial charge in [0.25, 0.3) is 5.91 Å². The van der Waals surface area contributed by atoms with Crippen molar-refractivity contribution in [2.24, 2.45) is 0 Å². The van der Waals surface area contributed by atoms with Crippen LogP contribution in [0.5, 0.6) is 0 Å².